The van der Waals surface area contributed by atoms with Crippen LogP contribution in [0.2, 0.25) is 4.34 Å². The minimum atomic E-state index is 0.130. The van der Waals surface area contributed by atoms with Crippen LogP contribution in [0, 0.1) is 0 Å². The highest BCUT2D eigenvalue weighted by atomic mass is 35.5. The minimum Gasteiger partial charge on any atom is -0.356 e. The van der Waals surface area contributed by atoms with Crippen molar-refractivity contribution in [1.82, 2.24) is 10.6 Å². The largest absolute Gasteiger partial charge is 0.356 e. The number of thiophene rings is 1. The molecule has 2 rings (SSSR count). The maximum atomic E-state index is 11.5. The summed E-state index contributed by atoms with van der Waals surface area (Å²) in [6.45, 7) is 3.55. The highest BCUT2D eigenvalue weighted by Gasteiger charge is 2.24. The summed E-state index contributed by atoms with van der Waals surface area (Å²) >= 11 is 7.69. The number of fused-ring (bicyclic) bond motifs is 1. The van der Waals surface area contributed by atoms with Gasteiger partial charge in [0.1, 0.15) is 0 Å². The zero-order valence-electron chi connectivity index (χ0n) is 10.6. The fourth-order valence-corrected chi connectivity index (χ4v) is 3.61. The topological polar surface area (TPSA) is 41.1 Å². The lowest BCUT2D eigenvalue weighted by Crippen LogP contribution is -2.29. The molecule has 0 spiro atoms. The molecule has 2 N–H and O–H groups in total. The van der Waals surface area contributed by atoms with E-state index in [0.29, 0.717) is 12.5 Å². The second-order valence-electron chi connectivity index (χ2n) is 4.57. The molecule has 0 aliphatic heterocycles. The van der Waals surface area contributed by atoms with Crippen LogP contribution in [0.5, 0.6) is 0 Å². The van der Waals surface area contributed by atoms with Crippen molar-refractivity contribution in [2.75, 3.05) is 13.1 Å². The van der Waals surface area contributed by atoms with Crippen molar-refractivity contribution >= 4 is 28.8 Å². The van der Waals surface area contributed by atoms with Crippen molar-refractivity contribution < 1.29 is 4.79 Å². The zero-order chi connectivity index (χ0) is 13.0. The van der Waals surface area contributed by atoms with Crippen LogP contribution in [0.1, 0.15) is 42.7 Å². The Bertz CT molecular complexity index is 419. The van der Waals surface area contributed by atoms with Crippen molar-refractivity contribution in [3.05, 3.63) is 20.8 Å². The molecule has 1 amide bonds. The summed E-state index contributed by atoms with van der Waals surface area (Å²) in [4.78, 5) is 12.9. The fraction of sp³-hybridized carbons (Fsp3) is 0.615. The molecule has 1 unspecified atom stereocenters. The third kappa shape index (κ3) is 3.46. The summed E-state index contributed by atoms with van der Waals surface area (Å²) in [6.07, 6.45) is 3.75. The van der Waals surface area contributed by atoms with Crippen molar-refractivity contribution in [3.8, 4) is 0 Å². The molecule has 1 heterocycles. The van der Waals surface area contributed by atoms with Gasteiger partial charge in [0.2, 0.25) is 5.91 Å². The van der Waals surface area contributed by atoms with Gasteiger partial charge in [-0.2, -0.15) is 0 Å². The van der Waals surface area contributed by atoms with Crippen LogP contribution in [0.4, 0.5) is 0 Å². The van der Waals surface area contributed by atoms with Gasteiger partial charge >= 0.3 is 0 Å². The molecule has 0 radical (unpaired) electrons. The molecule has 3 nitrogen and oxygen atoms in total. The van der Waals surface area contributed by atoms with Crippen molar-refractivity contribution in [2.24, 2.45) is 0 Å². The normalized spacial score (nSPS) is 17.8. The quantitative estimate of drug-likeness (QED) is 0.844. The number of rotatable bonds is 6. The van der Waals surface area contributed by atoms with E-state index in [4.69, 9.17) is 11.6 Å². The number of aryl methyl sites for hydroxylation is 1. The second kappa shape index (κ2) is 6.55. The molecule has 5 heteroatoms. The van der Waals surface area contributed by atoms with Gasteiger partial charge in [0.05, 0.1) is 4.34 Å². The maximum absolute atomic E-state index is 11.5. The molecule has 1 atom stereocenters. The number of nitrogens with one attached hydrogen (secondary N) is 2. The summed E-state index contributed by atoms with van der Waals surface area (Å²) in [5.41, 5.74) is 1.33. The summed E-state index contributed by atoms with van der Waals surface area (Å²) in [7, 11) is 0. The molecule has 1 aliphatic rings. The Labute approximate surface area is 117 Å². The summed E-state index contributed by atoms with van der Waals surface area (Å²) in [5, 5.41) is 6.33. The Morgan fingerprint density at radius 3 is 3.17 bits per heavy atom. The molecule has 0 fully saturated rings. The maximum Gasteiger partial charge on any atom is 0.221 e. The molecule has 0 saturated heterocycles. The average molecular weight is 287 g/mol. The van der Waals surface area contributed by atoms with Gasteiger partial charge in [-0.3, -0.25) is 4.79 Å². The van der Waals surface area contributed by atoms with E-state index in [-0.39, 0.29) is 5.91 Å². The Balaban J connectivity index is 1.73. The fourth-order valence-electron chi connectivity index (χ4n) is 2.25. The standard InChI is InChI=1S/C13H19ClN2OS/c1-2-6-16-13(17)5-7-15-10-3-4-11-9(10)8-12(14)18-11/h8,10,15H,2-7H2,1H3,(H,16,17). The van der Waals surface area contributed by atoms with E-state index in [1.165, 1.54) is 10.4 Å². The lowest BCUT2D eigenvalue weighted by molar-refractivity contribution is -0.121. The van der Waals surface area contributed by atoms with Crippen LogP contribution in [0.25, 0.3) is 0 Å². The Morgan fingerprint density at radius 2 is 2.39 bits per heavy atom. The van der Waals surface area contributed by atoms with Gasteiger partial charge in [-0.1, -0.05) is 18.5 Å². The molecular weight excluding hydrogens is 268 g/mol. The Hall–Kier alpha value is -0.580. The van der Waals surface area contributed by atoms with Gasteiger partial charge in [-0.15, -0.1) is 11.3 Å². The number of hydrogen-bond acceptors (Lipinski definition) is 3. The van der Waals surface area contributed by atoms with E-state index in [2.05, 4.69) is 23.6 Å². The molecule has 0 bridgehead atoms. The second-order valence-corrected chi connectivity index (χ2v) is 6.34. The molecule has 0 saturated carbocycles. The number of carbonyl (C=O) groups is 1. The molecule has 18 heavy (non-hydrogen) atoms. The molecule has 100 valence electrons. The summed E-state index contributed by atoms with van der Waals surface area (Å²) in [6, 6.07) is 2.44. The molecular formula is C13H19ClN2OS. The number of amides is 1. The highest BCUT2D eigenvalue weighted by Crippen LogP contribution is 2.39. The smallest absolute Gasteiger partial charge is 0.221 e. The molecule has 0 aromatic carbocycles. The number of carbonyl (C=O) groups excluding carboxylic acids is 1. The third-order valence-corrected chi connectivity index (χ3v) is 4.50. The van der Waals surface area contributed by atoms with E-state index in [1.807, 2.05) is 0 Å². The molecule has 1 aromatic heterocycles. The predicted molar refractivity (Wildman–Crippen MR) is 76.3 cm³/mol. The van der Waals surface area contributed by atoms with E-state index >= 15 is 0 Å². The number of halogens is 1. The molecule has 1 aliphatic carbocycles. The van der Waals surface area contributed by atoms with Gasteiger partial charge in [0.15, 0.2) is 0 Å². The van der Waals surface area contributed by atoms with Gasteiger partial charge < -0.3 is 10.6 Å². The van der Waals surface area contributed by atoms with Crippen molar-refractivity contribution in [2.45, 2.75) is 38.6 Å². The lowest BCUT2D eigenvalue weighted by atomic mass is 10.2. The van der Waals surface area contributed by atoms with Gasteiger partial charge in [-0.25, -0.2) is 0 Å². The summed E-state index contributed by atoms with van der Waals surface area (Å²) < 4.78 is 0.868. The van der Waals surface area contributed by atoms with E-state index in [9.17, 15) is 4.79 Å². The average Bonchev–Trinajstić information content (AvgIpc) is 2.87. The highest BCUT2D eigenvalue weighted by molar-refractivity contribution is 7.16. The van der Waals surface area contributed by atoms with E-state index in [0.717, 1.165) is 36.7 Å². The minimum absolute atomic E-state index is 0.130. The first kappa shape index (κ1) is 13.8. The van der Waals surface area contributed by atoms with Crippen LogP contribution < -0.4 is 10.6 Å². The Morgan fingerprint density at radius 1 is 1.56 bits per heavy atom. The van der Waals surface area contributed by atoms with Crippen molar-refractivity contribution in [3.63, 3.8) is 0 Å². The monoisotopic (exact) mass is 286 g/mol. The van der Waals surface area contributed by atoms with Gasteiger partial charge in [0.25, 0.3) is 0 Å². The van der Waals surface area contributed by atoms with Gasteiger partial charge in [-0.05, 0) is 30.9 Å². The zero-order valence-corrected chi connectivity index (χ0v) is 12.2. The predicted octanol–water partition coefficient (Wildman–Crippen LogP) is 2.89. The van der Waals surface area contributed by atoms with E-state index in [1.54, 1.807) is 11.3 Å². The van der Waals surface area contributed by atoms with Crippen LogP contribution in [-0.4, -0.2) is 19.0 Å². The first-order chi connectivity index (χ1) is 8.70. The first-order valence-electron chi connectivity index (χ1n) is 6.49. The van der Waals surface area contributed by atoms with Crippen LogP contribution >= 0.6 is 22.9 Å². The van der Waals surface area contributed by atoms with Crippen LogP contribution in [-0.2, 0) is 11.2 Å². The first-order valence-corrected chi connectivity index (χ1v) is 7.68. The lowest BCUT2D eigenvalue weighted by Gasteiger charge is -2.12. The Kier molecular flexibility index (Phi) is 5.03. The SMILES string of the molecule is CCCNC(=O)CCNC1CCc2sc(Cl)cc21. The van der Waals surface area contributed by atoms with Crippen LogP contribution in [0.15, 0.2) is 6.07 Å². The van der Waals surface area contributed by atoms with E-state index < -0.39 is 0 Å². The van der Waals surface area contributed by atoms with Crippen molar-refractivity contribution in [1.29, 1.82) is 0 Å². The van der Waals surface area contributed by atoms with Gasteiger partial charge in [0, 0.05) is 30.4 Å². The van der Waals surface area contributed by atoms with Crippen LogP contribution in [0.3, 0.4) is 0 Å². The molecule has 1 aromatic rings. The summed E-state index contributed by atoms with van der Waals surface area (Å²) in [5.74, 6) is 0.130. The number of hydrogen-bond donors (Lipinski definition) is 2. The third-order valence-electron chi connectivity index (χ3n) is 3.16.